The molecule has 3 N–H and O–H groups in total. The number of hydrogen-bond acceptors (Lipinski definition) is 6. The van der Waals surface area contributed by atoms with Gasteiger partial charge in [0.2, 0.25) is 0 Å². The molecule has 0 spiro atoms. The van der Waals surface area contributed by atoms with Gasteiger partial charge in [-0.05, 0) is 79.2 Å². The Balaban J connectivity index is 1.61. The predicted molar refractivity (Wildman–Crippen MR) is 154 cm³/mol. The van der Waals surface area contributed by atoms with E-state index in [0.717, 1.165) is 48.4 Å². The van der Waals surface area contributed by atoms with Crippen molar-refractivity contribution < 1.29 is 9.59 Å². The van der Waals surface area contributed by atoms with E-state index in [1.54, 1.807) is 12.3 Å². The third-order valence-corrected chi connectivity index (χ3v) is 7.37. The van der Waals surface area contributed by atoms with Gasteiger partial charge in [-0.3, -0.25) is 9.59 Å². The van der Waals surface area contributed by atoms with Crippen LogP contribution in [0.4, 0.5) is 5.00 Å². The fraction of sp³-hybridized carbons (Fsp3) is 0.345. The topological polar surface area (TPSA) is 85.8 Å². The maximum Gasteiger partial charge on any atom is 0.274 e. The fourth-order valence-electron chi connectivity index (χ4n) is 3.89. The molecule has 0 aliphatic rings. The van der Waals surface area contributed by atoms with Crippen LogP contribution in [0.2, 0.25) is 0 Å². The maximum atomic E-state index is 13.0. The number of carbonyl (C=O) groups is 2. The SMILES string of the molecule is CCN(CC)CCNCc1cccc(C(=O)Nc2scc(C)c2C(=O)NN=Cc2ccc(C)c(C)c2)c1. The van der Waals surface area contributed by atoms with Crippen molar-refractivity contribution in [3.05, 3.63) is 86.8 Å². The first-order valence-corrected chi connectivity index (χ1v) is 13.5. The highest BCUT2D eigenvalue weighted by Crippen LogP contribution is 2.28. The summed E-state index contributed by atoms with van der Waals surface area (Å²) in [7, 11) is 0. The number of rotatable bonds is 12. The van der Waals surface area contributed by atoms with Gasteiger partial charge in [0.05, 0.1) is 11.8 Å². The van der Waals surface area contributed by atoms with Gasteiger partial charge in [0.25, 0.3) is 11.8 Å². The number of hydrazone groups is 1. The molecule has 0 atom stereocenters. The Bertz CT molecular complexity index is 1250. The Hall–Kier alpha value is -3.33. The fourth-order valence-corrected chi connectivity index (χ4v) is 4.83. The second-order valence-electron chi connectivity index (χ2n) is 9.02. The molecule has 8 heteroatoms. The van der Waals surface area contributed by atoms with E-state index < -0.39 is 0 Å². The van der Waals surface area contributed by atoms with E-state index in [2.05, 4.69) is 46.8 Å². The minimum atomic E-state index is -0.361. The highest BCUT2D eigenvalue weighted by atomic mass is 32.1. The Kier molecular flexibility index (Phi) is 10.6. The van der Waals surface area contributed by atoms with E-state index >= 15 is 0 Å². The molecule has 7 nitrogen and oxygen atoms in total. The van der Waals surface area contributed by atoms with Gasteiger partial charge < -0.3 is 15.5 Å². The summed E-state index contributed by atoms with van der Waals surface area (Å²) in [5.74, 6) is -0.611. The summed E-state index contributed by atoms with van der Waals surface area (Å²) < 4.78 is 0. The van der Waals surface area contributed by atoms with Gasteiger partial charge in [-0.25, -0.2) is 5.43 Å². The van der Waals surface area contributed by atoms with Crippen LogP contribution >= 0.6 is 11.3 Å². The van der Waals surface area contributed by atoms with Crippen molar-refractivity contribution in [3.63, 3.8) is 0 Å². The lowest BCUT2D eigenvalue weighted by Gasteiger charge is -2.18. The van der Waals surface area contributed by atoms with Crippen LogP contribution in [0.15, 0.2) is 52.9 Å². The summed E-state index contributed by atoms with van der Waals surface area (Å²) in [6.45, 7) is 14.9. The summed E-state index contributed by atoms with van der Waals surface area (Å²) in [6.07, 6.45) is 1.62. The molecule has 0 bridgehead atoms. The highest BCUT2D eigenvalue weighted by Gasteiger charge is 2.19. The molecule has 0 radical (unpaired) electrons. The van der Waals surface area contributed by atoms with Gasteiger partial charge in [-0.2, -0.15) is 5.10 Å². The van der Waals surface area contributed by atoms with Gasteiger partial charge >= 0.3 is 0 Å². The van der Waals surface area contributed by atoms with Crippen molar-refractivity contribution in [3.8, 4) is 0 Å². The predicted octanol–water partition coefficient (Wildman–Crippen LogP) is 5.12. The zero-order valence-corrected chi connectivity index (χ0v) is 23.2. The number of anilines is 1. The molecule has 0 saturated heterocycles. The molecule has 1 heterocycles. The van der Waals surface area contributed by atoms with Gasteiger partial charge in [-0.1, -0.05) is 44.2 Å². The first-order valence-electron chi connectivity index (χ1n) is 12.6. The third kappa shape index (κ3) is 8.08. The van der Waals surface area contributed by atoms with Crippen molar-refractivity contribution in [2.75, 3.05) is 31.5 Å². The lowest BCUT2D eigenvalue weighted by atomic mass is 10.1. The number of nitrogens with zero attached hydrogens (tertiary/aromatic N) is 2. The minimum absolute atomic E-state index is 0.250. The lowest BCUT2D eigenvalue weighted by Crippen LogP contribution is -2.31. The Morgan fingerprint density at radius 3 is 2.49 bits per heavy atom. The molecule has 0 aliphatic carbocycles. The largest absolute Gasteiger partial charge is 0.313 e. The lowest BCUT2D eigenvalue weighted by molar-refractivity contribution is 0.0956. The second-order valence-corrected chi connectivity index (χ2v) is 9.90. The van der Waals surface area contributed by atoms with E-state index in [0.29, 0.717) is 22.7 Å². The molecule has 0 unspecified atom stereocenters. The molecule has 0 aliphatic heterocycles. The number of thiophene rings is 1. The van der Waals surface area contributed by atoms with Crippen LogP contribution in [-0.2, 0) is 6.54 Å². The second kappa shape index (κ2) is 13.8. The van der Waals surface area contributed by atoms with Crippen LogP contribution in [-0.4, -0.2) is 49.1 Å². The van der Waals surface area contributed by atoms with E-state index in [-0.39, 0.29) is 11.8 Å². The molecule has 2 amide bonds. The smallest absolute Gasteiger partial charge is 0.274 e. The van der Waals surface area contributed by atoms with Crippen molar-refractivity contribution in [1.29, 1.82) is 0 Å². The van der Waals surface area contributed by atoms with Gasteiger partial charge in [-0.15, -0.1) is 11.3 Å². The Morgan fingerprint density at radius 1 is 0.973 bits per heavy atom. The van der Waals surface area contributed by atoms with Crippen LogP contribution in [0, 0.1) is 20.8 Å². The number of hydrogen-bond donors (Lipinski definition) is 3. The monoisotopic (exact) mass is 519 g/mol. The van der Waals surface area contributed by atoms with Crippen LogP contribution in [0.5, 0.6) is 0 Å². The molecule has 37 heavy (non-hydrogen) atoms. The molecular formula is C29H37N5O2S. The van der Waals surface area contributed by atoms with Gasteiger partial charge in [0, 0.05) is 25.2 Å². The van der Waals surface area contributed by atoms with E-state index in [1.807, 2.05) is 55.6 Å². The van der Waals surface area contributed by atoms with E-state index in [1.165, 1.54) is 16.9 Å². The van der Waals surface area contributed by atoms with E-state index in [4.69, 9.17) is 0 Å². The number of amides is 2. The molecular weight excluding hydrogens is 482 g/mol. The first-order chi connectivity index (χ1) is 17.8. The number of aryl methyl sites for hydroxylation is 3. The zero-order chi connectivity index (χ0) is 26.8. The van der Waals surface area contributed by atoms with Crippen molar-refractivity contribution in [2.45, 2.75) is 41.2 Å². The summed E-state index contributed by atoms with van der Waals surface area (Å²) in [6, 6.07) is 13.5. The first kappa shape index (κ1) is 28.2. The summed E-state index contributed by atoms with van der Waals surface area (Å²) in [5, 5.41) is 12.8. The quantitative estimate of drug-likeness (QED) is 0.176. The number of benzene rings is 2. The zero-order valence-electron chi connectivity index (χ0n) is 22.4. The van der Waals surface area contributed by atoms with Crippen LogP contribution in [0.3, 0.4) is 0 Å². The average molecular weight is 520 g/mol. The van der Waals surface area contributed by atoms with Crippen molar-refractivity contribution in [1.82, 2.24) is 15.6 Å². The Morgan fingerprint density at radius 2 is 1.76 bits per heavy atom. The molecule has 3 aromatic rings. The van der Waals surface area contributed by atoms with Crippen LogP contribution in [0.1, 0.15) is 62.4 Å². The molecule has 1 aromatic heterocycles. The van der Waals surface area contributed by atoms with Crippen molar-refractivity contribution in [2.24, 2.45) is 5.10 Å². The maximum absolute atomic E-state index is 13.0. The molecule has 3 rings (SSSR count). The molecule has 196 valence electrons. The standard InChI is InChI=1S/C29H37N5O2S/c1-6-34(7-2)14-13-30-17-23-9-8-10-25(16-23)27(35)32-29-26(22(5)19-37-29)28(36)33-31-18-24-12-11-20(3)21(4)15-24/h8-12,15-16,18-19,30H,6-7,13-14,17H2,1-5H3,(H,32,35)(H,33,36). The Labute approximate surface area is 224 Å². The van der Waals surface area contributed by atoms with E-state index in [9.17, 15) is 9.59 Å². The highest BCUT2D eigenvalue weighted by molar-refractivity contribution is 7.15. The average Bonchev–Trinajstić information content (AvgIpc) is 3.26. The normalized spacial score (nSPS) is 11.3. The third-order valence-electron chi connectivity index (χ3n) is 6.36. The van der Waals surface area contributed by atoms with Crippen LogP contribution in [0.25, 0.3) is 0 Å². The summed E-state index contributed by atoms with van der Waals surface area (Å²) in [5.41, 5.74) is 8.64. The van der Waals surface area contributed by atoms with Crippen molar-refractivity contribution >= 4 is 34.4 Å². The summed E-state index contributed by atoms with van der Waals surface area (Å²) >= 11 is 1.33. The number of nitrogens with one attached hydrogen (secondary N) is 3. The minimum Gasteiger partial charge on any atom is -0.313 e. The number of likely N-dealkylation sites (N-methyl/N-ethyl adjacent to an activating group) is 1. The molecule has 0 fully saturated rings. The van der Waals surface area contributed by atoms with Crippen LogP contribution < -0.4 is 16.1 Å². The van der Waals surface area contributed by atoms with Gasteiger partial charge in [0.15, 0.2) is 0 Å². The van der Waals surface area contributed by atoms with Gasteiger partial charge in [0.1, 0.15) is 5.00 Å². The summed E-state index contributed by atoms with van der Waals surface area (Å²) in [4.78, 5) is 28.3. The molecule has 0 saturated carbocycles. The number of carbonyl (C=O) groups excluding carboxylic acids is 2. The molecule has 2 aromatic carbocycles.